The van der Waals surface area contributed by atoms with E-state index in [-0.39, 0.29) is 22.8 Å². The van der Waals surface area contributed by atoms with Gasteiger partial charge in [-0.2, -0.15) is 0 Å². The zero-order valence-corrected chi connectivity index (χ0v) is 13.1. The lowest BCUT2D eigenvalue weighted by molar-refractivity contribution is 0.0985. The highest BCUT2D eigenvalue weighted by molar-refractivity contribution is 7.90. The molecular formula is C12H18ClN3O3S. The van der Waals surface area contributed by atoms with E-state index in [2.05, 4.69) is 14.9 Å². The fourth-order valence-electron chi connectivity index (χ4n) is 2.07. The van der Waals surface area contributed by atoms with Gasteiger partial charge < -0.3 is 9.64 Å². The van der Waals surface area contributed by atoms with E-state index in [1.54, 1.807) is 13.0 Å². The lowest BCUT2D eigenvalue weighted by Crippen LogP contribution is -2.44. The van der Waals surface area contributed by atoms with E-state index < -0.39 is 9.84 Å². The number of rotatable bonds is 4. The van der Waals surface area contributed by atoms with Crippen molar-refractivity contribution in [3.63, 3.8) is 0 Å². The maximum atomic E-state index is 11.7. The third kappa shape index (κ3) is 3.80. The van der Waals surface area contributed by atoms with Gasteiger partial charge in [-0.1, -0.05) is 6.92 Å². The van der Waals surface area contributed by atoms with Gasteiger partial charge in [0.25, 0.3) is 0 Å². The van der Waals surface area contributed by atoms with Crippen LogP contribution in [-0.2, 0) is 20.3 Å². The molecule has 112 valence electrons. The van der Waals surface area contributed by atoms with Crippen LogP contribution in [0.4, 0.5) is 5.82 Å². The van der Waals surface area contributed by atoms with Crippen LogP contribution in [-0.4, -0.2) is 49.9 Å². The molecule has 1 aromatic heterocycles. The SMILES string of the molecule is CCS(=O)(=O)Cc1cc(N2CCOCC2C)nc(Cl)n1. The summed E-state index contributed by atoms with van der Waals surface area (Å²) >= 11 is 5.91. The van der Waals surface area contributed by atoms with Crippen LogP contribution in [0.1, 0.15) is 19.5 Å². The Kier molecular flexibility index (Phi) is 4.82. The molecule has 0 amide bonds. The van der Waals surface area contributed by atoms with Crippen molar-refractivity contribution in [2.24, 2.45) is 0 Å². The second-order valence-electron chi connectivity index (χ2n) is 4.78. The molecular weight excluding hydrogens is 302 g/mol. The van der Waals surface area contributed by atoms with Gasteiger partial charge in [-0.15, -0.1) is 0 Å². The first-order valence-electron chi connectivity index (χ1n) is 6.49. The number of anilines is 1. The fraction of sp³-hybridized carbons (Fsp3) is 0.667. The van der Waals surface area contributed by atoms with Gasteiger partial charge in [-0.05, 0) is 18.5 Å². The van der Waals surface area contributed by atoms with Crippen LogP contribution >= 0.6 is 11.6 Å². The summed E-state index contributed by atoms with van der Waals surface area (Å²) in [4.78, 5) is 10.3. The zero-order chi connectivity index (χ0) is 14.8. The molecule has 0 aliphatic carbocycles. The molecule has 0 saturated carbocycles. The van der Waals surface area contributed by atoms with Crippen LogP contribution in [0, 0.1) is 0 Å². The van der Waals surface area contributed by atoms with Crippen molar-refractivity contribution in [1.29, 1.82) is 0 Å². The molecule has 1 unspecified atom stereocenters. The molecule has 1 saturated heterocycles. The molecule has 0 N–H and O–H groups in total. The Morgan fingerprint density at radius 3 is 2.90 bits per heavy atom. The minimum absolute atomic E-state index is 0.0718. The van der Waals surface area contributed by atoms with E-state index in [4.69, 9.17) is 16.3 Å². The molecule has 6 nitrogen and oxygen atoms in total. The van der Waals surface area contributed by atoms with E-state index in [1.807, 2.05) is 6.92 Å². The van der Waals surface area contributed by atoms with Crippen LogP contribution in [0.2, 0.25) is 5.28 Å². The number of hydrogen-bond acceptors (Lipinski definition) is 6. The van der Waals surface area contributed by atoms with Crippen molar-refractivity contribution < 1.29 is 13.2 Å². The second-order valence-corrected chi connectivity index (χ2v) is 7.47. The van der Waals surface area contributed by atoms with Crippen LogP contribution in [0.5, 0.6) is 0 Å². The normalized spacial score (nSPS) is 20.1. The van der Waals surface area contributed by atoms with Gasteiger partial charge in [0, 0.05) is 18.4 Å². The molecule has 0 radical (unpaired) electrons. The Morgan fingerprint density at radius 1 is 1.50 bits per heavy atom. The summed E-state index contributed by atoms with van der Waals surface area (Å²) in [7, 11) is -3.14. The summed E-state index contributed by atoms with van der Waals surface area (Å²) in [6.07, 6.45) is 0. The average Bonchev–Trinajstić information content (AvgIpc) is 2.38. The molecule has 1 fully saturated rings. The summed E-state index contributed by atoms with van der Waals surface area (Å²) in [6.45, 7) is 5.58. The first-order chi connectivity index (χ1) is 9.41. The quantitative estimate of drug-likeness (QED) is 0.779. The molecule has 0 aromatic carbocycles. The Hall–Kier alpha value is -0.920. The van der Waals surface area contributed by atoms with Gasteiger partial charge in [0.05, 0.1) is 30.7 Å². The number of halogens is 1. The van der Waals surface area contributed by atoms with Crippen molar-refractivity contribution in [2.75, 3.05) is 30.4 Å². The summed E-state index contributed by atoms with van der Waals surface area (Å²) in [5, 5.41) is 0.0718. The van der Waals surface area contributed by atoms with Gasteiger partial charge in [0.1, 0.15) is 5.82 Å². The maximum Gasteiger partial charge on any atom is 0.224 e. The molecule has 1 atom stereocenters. The molecule has 0 bridgehead atoms. The summed E-state index contributed by atoms with van der Waals surface area (Å²) in [5.41, 5.74) is 0.431. The molecule has 20 heavy (non-hydrogen) atoms. The Bertz CT molecular complexity index is 579. The number of morpholine rings is 1. The molecule has 1 aliphatic heterocycles. The lowest BCUT2D eigenvalue weighted by atomic mass is 10.2. The number of ether oxygens (including phenoxy) is 1. The summed E-state index contributed by atoms with van der Waals surface area (Å²) in [5.74, 6) is 0.622. The highest BCUT2D eigenvalue weighted by atomic mass is 35.5. The predicted molar refractivity (Wildman–Crippen MR) is 77.8 cm³/mol. The fourth-order valence-corrected chi connectivity index (χ4v) is 3.07. The van der Waals surface area contributed by atoms with E-state index in [0.29, 0.717) is 31.3 Å². The molecule has 1 aromatic rings. The van der Waals surface area contributed by atoms with Crippen molar-refractivity contribution in [3.8, 4) is 0 Å². The minimum atomic E-state index is -3.14. The molecule has 0 spiro atoms. The highest BCUT2D eigenvalue weighted by Gasteiger charge is 2.22. The lowest BCUT2D eigenvalue weighted by Gasteiger charge is -2.34. The smallest absolute Gasteiger partial charge is 0.224 e. The van der Waals surface area contributed by atoms with E-state index in [9.17, 15) is 8.42 Å². The standard InChI is InChI=1S/C12H18ClN3O3S/c1-3-20(17,18)8-10-6-11(15-12(13)14-10)16-4-5-19-7-9(16)2/h6,9H,3-5,7-8H2,1-2H3. The molecule has 8 heteroatoms. The second kappa shape index (κ2) is 6.24. The third-order valence-electron chi connectivity index (χ3n) is 3.21. The van der Waals surface area contributed by atoms with Crippen LogP contribution in [0.15, 0.2) is 6.07 Å². The third-order valence-corrected chi connectivity index (χ3v) is 4.99. The van der Waals surface area contributed by atoms with Crippen LogP contribution in [0.25, 0.3) is 0 Å². The summed E-state index contributed by atoms with van der Waals surface area (Å²) < 4.78 is 28.8. The number of aromatic nitrogens is 2. The van der Waals surface area contributed by atoms with Crippen molar-refractivity contribution >= 4 is 27.3 Å². The first kappa shape index (κ1) is 15.5. The Balaban J connectivity index is 2.28. The Morgan fingerprint density at radius 2 is 2.25 bits per heavy atom. The van der Waals surface area contributed by atoms with Gasteiger partial charge in [-0.25, -0.2) is 18.4 Å². The Labute approximate surface area is 124 Å². The largest absolute Gasteiger partial charge is 0.377 e. The molecule has 2 heterocycles. The number of nitrogens with zero attached hydrogens (tertiary/aromatic N) is 3. The monoisotopic (exact) mass is 319 g/mol. The maximum absolute atomic E-state index is 11.7. The van der Waals surface area contributed by atoms with E-state index in [1.165, 1.54) is 0 Å². The molecule has 2 rings (SSSR count). The molecule has 1 aliphatic rings. The van der Waals surface area contributed by atoms with Crippen molar-refractivity contribution in [3.05, 3.63) is 17.0 Å². The predicted octanol–water partition coefficient (Wildman–Crippen LogP) is 1.29. The average molecular weight is 320 g/mol. The first-order valence-corrected chi connectivity index (χ1v) is 8.69. The van der Waals surface area contributed by atoms with Gasteiger partial charge in [0.2, 0.25) is 5.28 Å². The van der Waals surface area contributed by atoms with Gasteiger partial charge in [0.15, 0.2) is 9.84 Å². The minimum Gasteiger partial charge on any atom is -0.377 e. The van der Waals surface area contributed by atoms with E-state index in [0.717, 1.165) is 0 Å². The van der Waals surface area contributed by atoms with Crippen molar-refractivity contribution in [2.45, 2.75) is 25.6 Å². The topological polar surface area (TPSA) is 72.4 Å². The number of hydrogen-bond donors (Lipinski definition) is 0. The van der Waals surface area contributed by atoms with E-state index >= 15 is 0 Å². The number of sulfone groups is 1. The van der Waals surface area contributed by atoms with Crippen molar-refractivity contribution in [1.82, 2.24) is 9.97 Å². The zero-order valence-electron chi connectivity index (χ0n) is 11.5. The van der Waals surface area contributed by atoms with Gasteiger partial charge >= 0.3 is 0 Å². The van der Waals surface area contributed by atoms with Crippen LogP contribution < -0.4 is 4.90 Å². The van der Waals surface area contributed by atoms with Gasteiger partial charge in [-0.3, -0.25) is 0 Å². The highest BCUT2D eigenvalue weighted by Crippen LogP contribution is 2.21. The van der Waals surface area contributed by atoms with Crippen LogP contribution in [0.3, 0.4) is 0 Å². The summed E-state index contributed by atoms with van der Waals surface area (Å²) in [6, 6.07) is 1.87.